The van der Waals surface area contributed by atoms with Crippen LogP contribution in [0.3, 0.4) is 0 Å². The first-order valence-electron chi connectivity index (χ1n) is 7.82. The molecule has 2 rings (SSSR count). The van der Waals surface area contributed by atoms with Gasteiger partial charge in [-0.05, 0) is 37.5 Å². The van der Waals surface area contributed by atoms with Gasteiger partial charge in [-0.1, -0.05) is 38.5 Å². The summed E-state index contributed by atoms with van der Waals surface area (Å²) in [5.74, 6) is -1.15. The maximum Gasteiger partial charge on any atom is 0.344 e. The summed E-state index contributed by atoms with van der Waals surface area (Å²) in [4.78, 5) is 37.8. The molecule has 0 aromatic heterocycles. The van der Waals surface area contributed by atoms with Crippen LogP contribution in [0.1, 0.15) is 64.2 Å². The molecule has 2 aliphatic rings. The Balaban J connectivity index is 2.53. The molecule has 2 aliphatic carbocycles. The first kappa shape index (κ1) is 17.7. The molecule has 8 heteroatoms. The Bertz CT molecular complexity index is 400. The second-order valence-corrected chi connectivity index (χ2v) is 10.5. The minimum Gasteiger partial charge on any atom is -0.324 e. The highest BCUT2D eigenvalue weighted by atomic mass is 31.2. The van der Waals surface area contributed by atoms with Gasteiger partial charge >= 0.3 is 15.2 Å². The zero-order chi connectivity index (χ0) is 15.7. The Hall–Kier alpha value is 0.300. The molecule has 2 saturated carbocycles. The first-order valence-corrected chi connectivity index (χ1v) is 11.0. The Morgan fingerprint density at radius 3 is 1.14 bits per heavy atom. The summed E-state index contributed by atoms with van der Waals surface area (Å²) >= 11 is 0. The first-order chi connectivity index (χ1) is 9.71. The average Bonchev–Trinajstić information content (AvgIpc) is 2.38. The summed E-state index contributed by atoms with van der Waals surface area (Å²) < 4.78 is 24.6. The third-order valence-corrected chi connectivity index (χ3v) is 10.2. The molecule has 2 fully saturated rings. The molecule has 0 spiro atoms. The predicted octanol–water partition coefficient (Wildman–Crippen LogP) is 3.20. The minimum atomic E-state index is -4.93. The maximum atomic E-state index is 12.3. The molecule has 6 nitrogen and oxygen atoms in total. The fourth-order valence-electron chi connectivity index (χ4n) is 4.51. The SMILES string of the molecule is O=P(O)(O)C(C1CCCCC1)(C1CCCCC1)P(=O)(O)O. The van der Waals surface area contributed by atoms with E-state index in [0.717, 1.165) is 38.5 Å². The molecule has 0 radical (unpaired) electrons. The van der Waals surface area contributed by atoms with Crippen molar-refractivity contribution in [2.75, 3.05) is 0 Å². The highest BCUT2D eigenvalue weighted by molar-refractivity contribution is 7.72. The van der Waals surface area contributed by atoms with Crippen LogP contribution in [0.15, 0.2) is 0 Å². The molecule has 0 aromatic rings. The van der Waals surface area contributed by atoms with E-state index in [-0.39, 0.29) is 0 Å². The monoisotopic (exact) mass is 340 g/mol. The normalized spacial score (nSPS) is 24.2. The molecule has 0 aromatic carbocycles. The van der Waals surface area contributed by atoms with E-state index >= 15 is 0 Å². The average molecular weight is 340 g/mol. The van der Waals surface area contributed by atoms with Crippen LogP contribution in [-0.2, 0) is 9.13 Å². The quantitative estimate of drug-likeness (QED) is 0.584. The van der Waals surface area contributed by atoms with Crippen molar-refractivity contribution in [2.24, 2.45) is 11.8 Å². The van der Waals surface area contributed by atoms with Crippen LogP contribution in [-0.4, -0.2) is 24.5 Å². The highest BCUT2D eigenvalue weighted by Crippen LogP contribution is 2.77. The standard InChI is InChI=1S/C13H26O6P2/c14-20(15,16)13(21(17,18)19,11-7-3-1-4-8-11)12-9-5-2-6-10-12/h11-12H,1-10H2,(H2,14,15,16)(H2,17,18,19). The van der Waals surface area contributed by atoms with E-state index < -0.39 is 31.9 Å². The molecule has 0 saturated heterocycles. The Morgan fingerprint density at radius 1 is 0.619 bits per heavy atom. The molecular formula is C13H26O6P2. The van der Waals surface area contributed by atoms with E-state index in [4.69, 9.17) is 0 Å². The van der Waals surface area contributed by atoms with Crippen LogP contribution in [0.2, 0.25) is 0 Å². The molecule has 0 bridgehead atoms. The molecule has 0 atom stereocenters. The lowest BCUT2D eigenvalue weighted by atomic mass is 9.76. The van der Waals surface area contributed by atoms with Gasteiger partial charge in [0.25, 0.3) is 0 Å². The third kappa shape index (κ3) is 3.17. The van der Waals surface area contributed by atoms with Crippen molar-refractivity contribution < 1.29 is 28.7 Å². The van der Waals surface area contributed by atoms with Crippen molar-refractivity contribution in [3.05, 3.63) is 0 Å². The van der Waals surface area contributed by atoms with Crippen molar-refractivity contribution in [3.63, 3.8) is 0 Å². The van der Waals surface area contributed by atoms with E-state index in [1.807, 2.05) is 0 Å². The topological polar surface area (TPSA) is 115 Å². The number of hydrogen-bond acceptors (Lipinski definition) is 2. The lowest BCUT2D eigenvalue weighted by Crippen LogP contribution is -2.46. The second kappa shape index (κ2) is 6.43. The Labute approximate surface area is 125 Å². The van der Waals surface area contributed by atoms with Gasteiger partial charge in [0, 0.05) is 0 Å². The van der Waals surface area contributed by atoms with Crippen molar-refractivity contribution in [1.29, 1.82) is 0 Å². The lowest BCUT2D eigenvalue weighted by molar-refractivity contribution is 0.162. The fraction of sp³-hybridized carbons (Fsp3) is 1.00. The summed E-state index contributed by atoms with van der Waals surface area (Å²) in [6.45, 7) is 0. The van der Waals surface area contributed by atoms with E-state index in [2.05, 4.69) is 0 Å². The molecular weight excluding hydrogens is 314 g/mol. The van der Waals surface area contributed by atoms with Gasteiger partial charge in [0.15, 0.2) is 4.90 Å². The van der Waals surface area contributed by atoms with Gasteiger partial charge in [-0.3, -0.25) is 9.13 Å². The van der Waals surface area contributed by atoms with Gasteiger partial charge in [0.05, 0.1) is 0 Å². The van der Waals surface area contributed by atoms with E-state index in [0.29, 0.717) is 25.7 Å². The molecule has 124 valence electrons. The molecule has 4 N–H and O–H groups in total. The van der Waals surface area contributed by atoms with Crippen LogP contribution in [0, 0.1) is 11.8 Å². The maximum absolute atomic E-state index is 12.3. The van der Waals surface area contributed by atoms with Crippen molar-refractivity contribution >= 4 is 15.2 Å². The summed E-state index contributed by atoms with van der Waals surface area (Å²) in [6.07, 6.45) is 7.13. The van der Waals surface area contributed by atoms with Crippen LogP contribution in [0.25, 0.3) is 0 Å². The van der Waals surface area contributed by atoms with E-state index in [9.17, 15) is 28.7 Å². The lowest BCUT2D eigenvalue weighted by Gasteiger charge is -2.48. The van der Waals surface area contributed by atoms with Crippen LogP contribution in [0.4, 0.5) is 0 Å². The number of hydrogen-bond donors (Lipinski definition) is 4. The molecule has 21 heavy (non-hydrogen) atoms. The summed E-state index contributed by atoms with van der Waals surface area (Å²) in [5.41, 5.74) is 0. The largest absolute Gasteiger partial charge is 0.344 e. The molecule has 0 aliphatic heterocycles. The van der Waals surface area contributed by atoms with E-state index in [1.54, 1.807) is 0 Å². The van der Waals surface area contributed by atoms with Gasteiger partial charge in [-0.15, -0.1) is 0 Å². The van der Waals surface area contributed by atoms with Gasteiger partial charge in [-0.25, -0.2) is 0 Å². The third-order valence-electron chi connectivity index (χ3n) is 5.35. The van der Waals surface area contributed by atoms with Crippen molar-refractivity contribution in [3.8, 4) is 0 Å². The zero-order valence-corrected chi connectivity index (χ0v) is 14.0. The second-order valence-electron chi connectivity index (χ2n) is 6.54. The molecule has 0 heterocycles. The highest BCUT2D eigenvalue weighted by Gasteiger charge is 2.67. The summed E-state index contributed by atoms with van der Waals surface area (Å²) in [6, 6.07) is 0. The van der Waals surface area contributed by atoms with Gasteiger partial charge < -0.3 is 19.6 Å². The van der Waals surface area contributed by atoms with Gasteiger partial charge in [0.2, 0.25) is 0 Å². The Kier molecular flexibility index (Phi) is 5.40. The number of rotatable bonds is 4. The van der Waals surface area contributed by atoms with Crippen LogP contribution in [0.5, 0.6) is 0 Å². The van der Waals surface area contributed by atoms with Crippen LogP contribution >= 0.6 is 15.2 Å². The van der Waals surface area contributed by atoms with Gasteiger partial charge in [-0.2, -0.15) is 0 Å². The van der Waals surface area contributed by atoms with E-state index in [1.165, 1.54) is 0 Å². The zero-order valence-electron chi connectivity index (χ0n) is 12.2. The summed E-state index contributed by atoms with van der Waals surface area (Å²) in [5, 5.41) is 0. The molecule has 0 amide bonds. The van der Waals surface area contributed by atoms with Crippen molar-refractivity contribution in [1.82, 2.24) is 0 Å². The Morgan fingerprint density at radius 2 is 0.905 bits per heavy atom. The minimum absolute atomic E-state index is 0.507. The predicted molar refractivity (Wildman–Crippen MR) is 80.0 cm³/mol. The molecule has 0 unspecified atom stereocenters. The van der Waals surface area contributed by atoms with Crippen LogP contribution < -0.4 is 0 Å². The summed E-state index contributed by atoms with van der Waals surface area (Å²) in [7, 11) is -9.86. The van der Waals surface area contributed by atoms with Crippen molar-refractivity contribution in [2.45, 2.75) is 69.1 Å². The smallest absolute Gasteiger partial charge is 0.324 e. The fourth-order valence-corrected chi connectivity index (χ4v) is 8.80. The van der Waals surface area contributed by atoms with Gasteiger partial charge in [0.1, 0.15) is 0 Å².